The van der Waals surface area contributed by atoms with Crippen LogP contribution in [0.2, 0.25) is 0 Å². The lowest BCUT2D eigenvalue weighted by atomic mass is 10.4. The topological polar surface area (TPSA) is 114 Å². The van der Waals surface area contributed by atoms with E-state index in [1.807, 2.05) is 5.32 Å². The van der Waals surface area contributed by atoms with Crippen LogP contribution in [0.25, 0.3) is 0 Å². The molecular weight excluding hydrogens is 192 g/mol. The summed E-state index contributed by atoms with van der Waals surface area (Å²) in [5.41, 5.74) is 0. The van der Waals surface area contributed by atoms with Crippen molar-refractivity contribution in [3.63, 3.8) is 0 Å². The van der Waals surface area contributed by atoms with Gasteiger partial charge >= 0.3 is 17.7 Å². The molecule has 0 atom stereocenters. The number of anilines is 1. The molecule has 1 rings (SSSR count). The number of aromatic nitrogens is 3. The van der Waals surface area contributed by atoms with Gasteiger partial charge in [0, 0.05) is 7.05 Å². The molecule has 1 heterocycles. The number of hydrogen-bond donors (Lipinski definition) is 2. The molecule has 2 N–H and O–H groups in total. The van der Waals surface area contributed by atoms with Crippen LogP contribution in [0.3, 0.4) is 0 Å². The monoisotopic (exact) mass is 198 g/mol. The van der Waals surface area contributed by atoms with Crippen molar-refractivity contribution in [2.75, 3.05) is 5.32 Å². The highest BCUT2D eigenvalue weighted by Crippen LogP contribution is 1.97. The third-order valence-corrected chi connectivity index (χ3v) is 1.24. The van der Waals surface area contributed by atoms with E-state index in [1.165, 1.54) is 10.9 Å². The summed E-state index contributed by atoms with van der Waals surface area (Å²) in [6.07, 6.45) is 1.33. The zero-order chi connectivity index (χ0) is 10.7. The van der Waals surface area contributed by atoms with Gasteiger partial charge in [0.15, 0.2) is 5.82 Å². The Morgan fingerprint density at radius 1 is 1.50 bits per heavy atom. The Hall–Kier alpha value is -2.25. The maximum absolute atomic E-state index is 10.8. The zero-order valence-electron chi connectivity index (χ0n) is 7.09. The number of hydrogen-bond acceptors (Lipinski definition) is 5. The first kappa shape index (κ1) is 9.84. The Balaban J connectivity index is 2.66. The molecule has 0 saturated carbocycles. The maximum atomic E-state index is 10.8. The SMILES string of the molecule is Cn1cc(NC(=O)C(=O)C(=O)O)nn1. The molecule has 14 heavy (non-hydrogen) atoms. The second-order valence-electron chi connectivity index (χ2n) is 2.37. The number of aryl methyl sites for hydroxylation is 1. The molecule has 1 aromatic heterocycles. The Bertz CT molecular complexity index is 396. The Kier molecular flexibility index (Phi) is 2.56. The van der Waals surface area contributed by atoms with Gasteiger partial charge < -0.3 is 10.4 Å². The lowest BCUT2D eigenvalue weighted by Gasteiger charge is -1.94. The van der Waals surface area contributed by atoms with Crippen molar-refractivity contribution < 1.29 is 19.5 Å². The predicted molar refractivity (Wildman–Crippen MR) is 42.3 cm³/mol. The number of rotatable bonds is 3. The minimum atomic E-state index is -1.81. The maximum Gasteiger partial charge on any atom is 0.382 e. The minimum absolute atomic E-state index is 0.0205. The van der Waals surface area contributed by atoms with E-state index in [-0.39, 0.29) is 5.82 Å². The van der Waals surface area contributed by atoms with Gasteiger partial charge in [0.25, 0.3) is 0 Å². The van der Waals surface area contributed by atoms with Crippen LogP contribution in [0.15, 0.2) is 6.20 Å². The van der Waals surface area contributed by atoms with Crippen LogP contribution in [0.1, 0.15) is 0 Å². The first-order chi connectivity index (χ1) is 6.50. The molecule has 1 amide bonds. The van der Waals surface area contributed by atoms with Crippen LogP contribution in [-0.4, -0.2) is 37.8 Å². The van der Waals surface area contributed by atoms with Crippen LogP contribution >= 0.6 is 0 Å². The lowest BCUT2D eigenvalue weighted by molar-refractivity contribution is -0.152. The third-order valence-electron chi connectivity index (χ3n) is 1.24. The van der Waals surface area contributed by atoms with Gasteiger partial charge in [0.05, 0.1) is 6.20 Å². The number of nitrogens with one attached hydrogen (secondary N) is 1. The van der Waals surface area contributed by atoms with E-state index in [4.69, 9.17) is 5.11 Å². The summed E-state index contributed by atoms with van der Waals surface area (Å²) in [7, 11) is 1.56. The second kappa shape index (κ2) is 3.64. The van der Waals surface area contributed by atoms with Crippen molar-refractivity contribution in [3.8, 4) is 0 Å². The van der Waals surface area contributed by atoms with Crippen LogP contribution in [0.5, 0.6) is 0 Å². The van der Waals surface area contributed by atoms with Crippen LogP contribution < -0.4 is 5.32 Å². The summed E-state index contributed by atoms with van der Waals surface area (Å²) < 4.78 is 1.29. The molecule has 0 unspecified atom stereocenters. The molecule has 0 saturated heterocycles. The van der Waals surface area contributed by atoms with Gasteiger partial charge in [-0.1, -0.05) is 5.21 Å². The average Bonchev–Trinajstić information content (AvgIpc) is 2.49. The predicted octanol–water partition coefficient (Wildman–Crippen LogP) is -1.59. The van der Waals surface area contributed by atoms with E-state index in [2.05, 4.69) is 10.3 Å². The molecule has 0 aliphatic rings. The van der Waals surface area contributed by atoms with E-state index in [1.54, 1.807) is 7.05 Å². The standard InChI is InChI=1S/C6H6N4O4/c1-10-2-3(8-9-10)7-5(12)4(11)6(13)14/h2H,1H3,(H,7,12)(H,13,14). The van der Waals surface area contributed by atoms with E-state index in [9.17, 15) is 14.4 Å². The highest BCUT2D eigenvalue weighted by Gasteiger charge is 2.22. The minimum Gasteiger partial charge on any atom is -0.475 e. The Labute approximate surface area is 77.5 Å². The summed E-state index contributed by atoms with van der Waals surface area (Å²) >= 11 is 0. The normalized spacial score (nSPS) is 9.50. The summed E-state index contributed by atoms with van der Waals surface area (Å²) in [5.74, 6) is -4.59. The molecule has 0 aliphatic heterocycles. The number of carbonyl (C=O) groups is 3. The summed E-state index contributed by atoms with van der Waals surface area (Å²) in [5, 5.41) is 17.1. The van der Waals surface area contributed by atoms with Crippen LogP contribution in [0.4, 0.5) is 5.82 Å². The van der Waals surface area contributed by atoms with Crippen molar-refractivity contribution in [2.45, 2.75) is 0 Å². The van der Waals surface area contributed by atoms with Crippen LogP contribution in [-0.2, 0) is 21.4 Å². The summed E-state index contributed by atoms with van der Waals surface area (Å²) in [6.45, 7) is 0. The fourth-order valence-electron chi connectivity index (χ4n) is 0.675. The molecule has 0 spiro atoms. The zero-order valence-corrected chi connectivity index (χ0v) is 7.09. The number of amides is 1. The van der Waals surface area contributed by atoms with Crippen molar-refractivity contribution in [1.82, 2.24) is 15.0 Å². The lowest BCUT2D eigenvalue weighted by Crippen LogP contribution is -2.29. The molecule has 0 aromatic carbocycles. The highest BCUT2D eigenvalue weighted by molar-refractivity contribution is 6.63. The molecule has 0 fully saturated rings. The Morgan fingerprint density at radius 3 is 2.57 bits per heavy atom. The molecule has 8 nitrogen and oxygen atoms in total. The quantitative estimate of drug-likeness (QED) is 0.447. The molecule has 0 bridgehead atoms. The number of Topliss-reactive ketones (excluding diaryl/α,β-unsaturated/α-hetero) is 1. The van der Waals surface area contributed by atoms with Crippen LogP contribution in [0, 0.1) is 0 Å². The molecule has 1 aromatic rings. The number of ketones is 1. The fraction of sp³-hybridized carbons (Fsp3) is 0.167. The molecular formula is C6H6N4O4. The number of carboxylic acid groups (broad SMARTS) is 1. The molecule has 0 radical (unpaired) electrons. The number of nitrogens with zero attached hydrogens (tertiary/aromatic N) is 3. The number of carboxylic acids is 1. The van der Waals surface area contributed by atoms with Gasteiger partial charge in [-0.05, 0) is 0 Å². The van der Waals surface area contributed by atoms with Crippen molar-refractivity contribution in [1.29, 1.82) is 0 Å². The largest absolute Gasteiger partial charge is 0.475 e. The van der Waals surface area contributed by atoms with Gasteiger partial charge in [-0.15, -0.1) is 5.10 Å². The van der Waals surface area contributed by atoms with E-state index in [0.717, 1.165) is 0 Å². The van der Waals surface area contributed by atoms with Gasteiger partial charge in [-0.25, -0.2) is 4.79 Å². The first-order valence-corrected chi connectivity index (χ1v) is 3.45. The van der Waals surface area contributed by atoms with Crippen molar-refractivity contribution in [3.05, 3.63) is 6.20 Å². The fourth-order valence-corrected chi connectivity index (χ4v) is 0.675. The van der Waals surface area contributed by atoms with E-state index >= 15 is 0 Å². The smallest absolute Gasteiger partial charge is 0.382 e. The summed E-state index contributed by atoms with van der Waals surface area (Å²) in [4.78, 5) is 31.5. The Morgan fingerprint density at radius 2 is 2.14 bits per heavy atom. The van der Waals surface area contributed by atoms with Crippen molar-refractivity contribution >= 4 is 23.5 Å². The average molecular weight is 198 g/mol. The molecule has 8 heteroatoms. The first-order valence-electron chi connectivity index (χ1n) is 3.45. The highest BCUT2D eigenvalue weighted by atomic mass is 16.4. The molecule has 0 aliphatic carbocycles. The summed E-state index contributed by atoms with van der Waals surface area (Å²) in [6, 6.07) is 0. The third kappa shape index (κ3) is 2.12. The van der Waals surface area contributed by atoms with Gasteiger partial charge in [0.1, 0.15) is 0 Å². The van der Waals surface area contributed by atoms with Gasteiger partial charge in [-0.3, -0.25) is 14.3 Å². The van der Waals surface area contributed by atoms with Crippen molar-refractivity contribution in [2.24, 2.45) is 7.05 Å². The number of carbonyl (C=O) groups excluding carboxylic acids is 2. The van der Waals surface area contributed by atoms with E-state index in [0.29, 0.717) is 0 Å². The second-order valence-corrected chi connectivity index (χ2v) is 2.37. The van der Waals surface area contributed by atoms with Gasteiger partial charge in [-0.2, -0.15) is 0 Å². The molecule has 74 valence electrons. The van der Waals surface area contributed by atoms with E-state index < -0.39 is 17.7 Å². The number of aliphatic carboxylic acids is 1. The van der Waals surface area contributed by atoms with Gasteiger partial charge in [0.2, 0.25) is 0 Å².